The van der Waals surface area contributed by atoms with E-state index in [0.717, 1.165) is 11.8 Å². The summed E-state index contributed by atoms with van der Waals surface area (Å²) in [6, 6.07) is 4.33. The van der Waals surface area contributed by atoms with Crippen LogP contribution in [0.1, 0.15) is 0 Å². The van der Waals surface area contributed by atoms with Gasteiger partial charge in [0.1, 0.15) is 5.82 Å². The van der Waals surface area contributed by atoms with E-state index in [1.165, 1.54) is 18.5 Å². The summed E-state index contributed by atoms with van der Waals surface area (Å²) in [5.41, 5.74) is 0.267. The number of benzene rings is 1. The second-order valence-electron chi connectivity index (χ2n) is 4.43. The van der Waals surface area contributed by atoms with Crippen LogP contribution < -0.4 is 10.9 Å². The zero-order valence-electron chi connectivity index (χ0n) is 11.4. The van der Waals surface area contributed by atoms with Crippen molar-refractivity contribution < 1.29 is 9.18 Å². The fraction of sp³-hybridized carbons (Fsp3) is 0.0769. The van der Waals surface area contributed by atoms with Crippen molar-refractivity contribution >= 4 is 50.5 Å². The van der Waals surface area contributed by atoms with Gasteiger partial charge in [0.15, 0.2) is 16.3 Å². The summed E-state index contributed by atoms with van der Waals surface area (Å²) < 4.78 is 14.2. The molecule has 0 saturated heterocycles. The lowest BCUT2D eigenvalue weighted by atomic mass is 10.3. The zero-order valence-corrected chi connectivity index (χ0v) is 13.8. The maximum absolute atomic E-state index is 13.6. The van der Waals surface area contributed by atoms with Gasteiger partial charge in [0.2, 0.25) is 5.91 Å². The molecule has 0 atom stereocenters. The number of nitrogens with zero attached hydrogens (tertiary/aromatic N) is 2. The standard InChI is InChI=1S/C13H9BrFN5O2S/c14-6-1-2-8(7(15)3-6)18-9(21)4-23-13-19-11-10(12(22)20-13)16-5-17-11/h1-3,5H,4H2,(H,18,21)(H2,16,17,19,20,22). The molecule has 0 spiro atoms. The van der Waals surface area contributed by atoms with Gasteiger partial charge in [-0.25, -0.2) is 14.4 Å². The molecule has 3 N–H and O–H groups in total. The van der Waals surface area contributed by atoms with Crippen LogP contribution in [0.3, 0.4) is 0 Å². The van der Waals surface area contributed by atoms with Crippen LogP contribution in [0, 0.1) is 5.82 Å². The fourth-order valence-electron chi connectivity index (χ4n) is 1.80. The van der Waals surface area contributed by atoms with Gasteiger partial charge in [-0.1, -0.05) is 27.7 Å². The average molecular weight is 398 g/mol. The molecule has 118 valence electrons. The molecule has 0 aliphatic carbocycles. The Labute approximate surface area is 141 Å². The summed E-state index contributed by atoms with van der Waals surface area (Å²) in [7, 11) is 0. The van der Waals surface area contributed by atoms with Crippen LogP contribution >= 0.6 is 27.7 Å². The second kappa shape index (κ2) is 6.50. The number of thioether (sulfide) groups is 1. The van der Waals surface area contributed by atoms with Crippen molar-refractivity contribution in [3.63, 3.8) is 0 Å². The van der Waals surface area contributed by atoms with E-state index in [2.05, 4.69) is 41.2 Å². The first-order valence-corrected chi connectivity index (χ1v) is 8.12. The first-order valence-electron chi connectivity index (χ1n) is 6.34. The number of amides is 1. The lowest BCUT2D eigenvalue weighted by Gasteiger charge is -2.06. The summed E-state index contributed by atoms with van der Waals surface area (Å²) in [4.78, 5) is 36.8. The number of hydrogen-bond acceptors (Lipinski definition) is 5. The first-order chi connectivity index (χ1) is 11.0. The number of halogens is 2. The predicted molar refractivity (Wildman–Crippen MR) is 88.0 cm³/mol. The van der Waals surface area contributed by atoms with E-state index >= 15 is 0 Å². The molecule has 7 nitrogen and oxygen atoms in total. The van der Waals surface area contributed by atoms with E-state index < -0.39 is 11.7 Å². The van der Waals surface area contributed by atoms with Gasteiger partial charge >= 0.3 is 0 Å². The Kier molecular flexibility index (Phi) is 4.44. The van der Waals surface area contributed by atoms with Crippen molar-refractivity contribution in [2.24, 2.45) is 0 Å². The van der Waals surface area contributed by atoms with E-state index in [1.54, 1.807) is 6.07 Å². The van der Waals surface area contributed by atoms with Gasteiger partial charge in [-0.15, -0.1) is 0 Å². The number of anilines is 1. The molecule has 1 aromatic carbocycles. The molecule has 0 aliphatic rings. The van der Waals surface area contributed by atoms with Crippen LogP contribution in [0.4, 0.5) is 10.1 Å². The predicted octanol–water partition coefficient (Wildman–Crippen LogP) is 2.28. The third-order valence-electron chi connectivity index (χ3n) is 2.82. The minimum absolute atomic E-state index is 0.0334. The Balaban J connectivity index is 1.67. The molecule has 0 radical (unpaired) electrons. The fourth-order valence-corrected chi connectivity index (χ4v) is 2.79. The van der Waals surface area contributed by atoms with Gasteiger partial charge in [0.05, 0.1) is 17.8 Å². The zero-order chi connectivity index (χ0) is 16.4. The normalized spacial score (nSPS) is 10.9. The summed E-state index contributed by atoms with van der Waals surface area (Å²) in [6.07, 6.45) is 1.37. The van der Waals surface area contributed by atoms with Gasteiger partial charge in [-0.05, 0) is 18.2 Å². The Morgan fingerprint density at radius 1 is 1.43 bits per heavy atom. The van der Waals surface area contributed by atoms with Gasteiger partial charge in [0.25, 0.3) is 5.56 Å². The number of carbonyl (C=O) groups excluding carboxylic acids is 1. The quantitative estimate of drug-likeness (QED) is 0.462. The molecule has 0 bridgehead atoms. The molecule has 23 heavy (non-hydrogen) atoms. The summed E-state index contributed by atoms with van der Waals surface area (Å²) in [5.74, 6) is -0.989. The molecule has 1 amide bonds. The van der Waals surface area contributed by atoms with E-state index in [4.69, 9.17) is 0 Å². The lowest BCUT2D eigenvalue weighted by Crippen LogP contribution is -2.16. The number of H-pyrrole nitrogens is 2. The summed E-state index contributed by atoms with van der Waals surface area (Å²) in [5, 5.41) is 2.72. The highest BCUT2D eigenvalue weighted by Crippen LogP contribution is 2.20. The third kappa shape index (κ3) is 3.59. The number of carbonyl (C=O) groups is 1. The van der Waals surface area contributed by atoms with Crippen LogP contribution in [0.25, 0.3) is 11.2 Å². The second-order valence-corrected chi connectivity index (χ2v) is 6.31. The minimum Gasteiger partial charge on any atom is -0.339 e. The van der Waals surface area contributed by atoms with Gasteiger partial charge in [-0.3, -0.25) is 14.6 Å². The maximum atomic E-state index is 13.6. The Bertz CT molecular complexity index is 942. The van der Waals surface area contributed by atoms with Crippen molar-refractivity contribution in [1.82, 2.24) is 19.9 Å². The van der Waals surface area contributed by atoms with Crippen LogP contribution in [-0.4, -0.2) is 31.6 Å². The molecular formula is C13H9BrFN5O2S. The molecule has 0 unspecified atom stereocenters. The topological polar surface area (TPSA) is 104 Å². The molecule has 10 heteroatoms. The Morgan fingerprint density at radius 2 is 2.26 bits per heavy atom. The molecule has 3 rings (SSSR count). The number of hydrogen-bond donors (Lipinski definition) is 3. The number of nitrogens with one attached hydrogen (secondary N) is 3. The number of aromatic nitrogens is 4. The number of aromatic amines is 2. The van der Waals surface area contributed by atoms with Gasteiger partial charge < -0.3 is 10.3 Å². The highest BCUT2D eigenvalue weighted by atomic mass is 79.9. The Hall–Kier alpha value is -2.20. The molecule has 0 aliphatic heterocycles. The van der Waals surface area contributed by atoms with Crippen LogP contribution in [0.5, 0.6) is 0 Å². The number of imidazole rings is 1. The summed E-state index contributed by atoms with van der Waals surface area (Å²) in [6.45, 7) is 0. The third-order valence-corrected chi connectivity index (χ3v) is 4.19. The number of fused-ring (bicyclic) bond motifs is 1. The maximum Gasteiger partial charge on any atom is 0.277 e. The van der Waals surface area contributed by atoms with Crippen molar-refractivity contribution in [1.29, 1.82) is 0 Å². The SMILES string of the molecule is O=C(CSc1nc2nc[nH]c2c(=O)[nH]1)Nc1ccc(Br)cc1F. The highest BCUT2D eigenvalue weighted by molar-refractivity contribution is 9.10. The highest BCUT2D eigenvalue weighted by Gasteiger charge is 2.11. The van der Waals surface area contributed by atoms with Crippen molar-refractivity contribution in [2.45, 2.75) is 5.16 Å². The van der Waals surface area contributed by atoms with Gasteiger partial charge in [-0.2, -0.15) is 0 Å². The molecule has 0 saturated carbocycles. The van der Waals surface area contributed by atoms with E-state index in [9.17, 15) is 14.0 Å². The largest absolute Gasteiger partial charge is 0.339 e. The van der Waals surface area contributed by atoms with Crippen molar-refractivity contribution in [3.8, 4) is 0 Å². The monoisotopic (exact) mass is 397 g/mol. The van der Waals surface area contributed by atoms with Crippen molar-refractivity contribution in [3.05, 3.63) is 45.2 Å². The average Bonchev–Trinajstić information content (AvgIpc) is 2.97. The lowest BCUT2D eigenvalue weighted by molar-refractivity contribution is -0.113. The smallest absolute Gasteiger partial charge is 0.277 e. The van der Waals surface area contributed by atoms with E-state index in [0.29, 0.717) is 4.47 Å². The minimum atomic E-state index is -0.540. The molecule has 3 aromatic rings. The first kappa shape index (κ1) is 15.7. The molecule has 0 fully saturated rings. The molecule has 2 aromatic heterocycles. The summed E-state index contributed by atoms with van der Waals surface area (Å²) >= 11 is 4.16. The van der Waals surface area contributed by atoms with Crippen LogP contribution in [0.15, 0.2) is 39.0 Å². The van der Waals surface area contributed by atoms with Gasteiger partial charge in [0, 0.05) is 4.47 Å². The number of rotatable bonds is 4. The van der Waals surface area contributed by atoms with Crippen LogP contribution in [-0.2, 0) is 4.79 Å². The molecule has 2 heterocycles. The molecular weight excluding hydrogens is 389 g/mol. The Morgan fingerprint density at radius 3 is 3.04 bits per heavy atom. The van der Waals surface area contributed by atoms with E-state index in [1.807, 2.05) is 0 Å². The van der Waals surface area contributed by atoms with E-state index in [-0.39, 0.29) is 33.3 Å². The van der Waals surface area contributed by atoms with Crippen LogP contribution in [0.2, 0.25) is 0 Å². The van der Waals surface area contributed by atoms with Crippen molar-refractivity contribution in [2.75, 3.05) is 11.1 Å².